The Morgan fingerprint density at radius 2 is 1.71 bits per heavy atom. The molecule has 120 valence electrons. The van der Waals surface area contributed by atoms with E-state index < -0.39 is 0 Å². The molecule has 0 aromatic heterocycles. The van der Waals surface area contributed by atoms with Gasteiger partial charge in [0.05, 0.1) is 0 Å². The molecule has 0 heterocycles. The molecule has 0 aliphatic rings. The van der Waals surface area contributed by atoms with E-state index in [1.54, 1.807) is 0 Å². The SMILES string of the molecule is Cc1cc(C(C)(C)C)ccc1OC(CNC(C)C)C(C)C. The van der Waals surface area contributed by atoms with E-state index in [0.29, 0.717) is 12.0 Å². The Morgan fingerprint density at radius 3 is 2.14 bits per heavy atom. The van der Waals surface area contributed by atoms with E-state index in [2.05, 4.69) is 78.9 Å². The molecule has 1 aromatic carbocycles. The van der Waals surface area contributed by atoms with Gasteiger partial charge in [-0.3, -0.25) is 0 Å². The third-order valence-corrected chi connectivity index (χ3v) is 3.79. The lowest BCUT2D eigenvalue weighted by Gasteiger charge is -2.26. The summed E-state index contributed by atoms with van der Waals surface area (Å²) < 4.78 is 6.26. The maximum absolute atomic E-state index is 6.26. The van der Waals surface area contributed by atoms with Crippen LogP contribution in [-0.4, -0.2) is 18.7 Å². The lowest BCUT2D eigenvalue weighted by molar-refractivity contribution is 0.145. The molecule has 0 aliphatic heterocycles. The van der Waals surface area contributed by atoms with Gasteiger partial charge in [0.1, 0.15) is 11.9 Å². The monoisotopic (exact) mass is 291 g/mol. The van der Waals surface area contributed by atoms with Crippen molar-refractivity contribution in [1.29, 1.82) is 0 Å². The van der Waals surface area contributed by atoms with Crippen LogP contribution in [0.2, 0.25) is 0 Å². The van der Waals surface area contributed by atoms with Gasteiger partial charge in [0, 0.05) is 12.6 Å². The Balaban J connectivity index is 2.84. The van der Waals surface area contributed by atoms with Crippen LogP contribution in [0.25, 0.3) is 0 Å². The number of rotatable bonds is 6. The second kappa shape index (κ2) is 7.31. The first-order chi connectivity index (χ1) is 9.61. The maximum Gasteiger partial charge on any atom is 0.122 e. The number of hydrogen-bond acceptors (Lipinski definition) is 2. The highest BCUT2D eigenvalue weighted by Crippen LogP contribution is 2.28. The molecule has 0 amide bonds. The van der Waals surface area contributed by atoms with E-state index in [4.69, 9.17) is 4.74 Å². The van der Waals surface area contributed by atoms with E-state index in [-0.39, 0.29) is 11.5 Å². The number of nitrogens with one attached hydrogen (secondary N) is 1. The van der Waals surface area contributed by atoms with Gasteiger partial charge >= 0.3 is 0 Å². The van der Waals surface area contributed by atoms with Crippen molar-refractivity contribution in [3.63, 3.8) is 0 Å². The smallest absolute Gasteiger partial charge is 0.122 e. The fraction of sp³-hybridized carbons (Fsp3) is 0.684. The van der Waals surface area contributed by atoms with Crippen LogP contribution in [0.1, 0.15) is 59.6 Å². The largest absolute Gasteiger partial charge is 0.489 e. The highest BCUT2D eigenvalue weighted by molar-refractivity contribution is 5.38. The Morgan fingerprint density at radius 1 is 1.10 bits per heavy atom. The van der Waals surface area contributed by atoms with E-state index in [9.17, 15) is 0 Å². The van der Waals surface area contributed by atoms with Crippen LogP contribution in [0, 0.1) is 12.8 Å². The van der Waals surface area contributed by atoms with Crippen molar-refractivity contribution >= 4 is 0 Å². The van der Waals surface area contributed by atoms with Gasteiger partial charge in [-0.2, -0.15) is 0 Å². The van der Waals surface area contributed by atoms with Crippen molar-refractivity contribution in [3.05, 3.63) is 29.3 Å². The zero-order valence-electron chi connectivity index (χ0n) is 15.1. The van der Waals surface area contributed by atoms with Crippen molar-refractivity contribution < 1.29 is 4.74 Å². The summed E-state index contributed by atoms with van der Waals surface area (Å²) in [5.41, 5.74) is 2.76. The molecule has 2 heteroatoms. The second-order valence-corrected chi connectivity index (χ2v) is 7.69. The summed E-state index contributed by atoms with van der Waals surface area (Å²) in [5.74, 6) is 1.49. The molecule has 0 saturated heterocycles. The van der Waals surface area contributed by atoms with Gasteiger partial charge < -0.3 is 10.1 Å². The summed E-state index contributed by atoms with van der Waals surface area (Å²) in [7, 11) is 0. The topological polar surface area (TPSA) is 21.3 Å². The molecule has 0 saturated carbocycles. The first kappa shape index (κ1) is 18.0. The highest BCUT2D eigenvalue weighted by Gasteiger charge is 2.18. The molecule has 0 aliphatic carbocycles. The first-order valence-electron chi connectivity index (χ1n) is 8.12. The van der Waals surface area contributed by atoms with Gasteiger partial charge in [-0.15, -0.1) is 0 Å². The lowest BCUT2D eigenvalue weighted by Crippen LogP contribution is -2.38. The van der Waals surface area contributed by atoms with Crippen molar-refractivity contribution in [2.24, 2.45) is 5.92 Å². The van der Waals surface area contributed by atoms with Crippen molar-refractivity contribution in [3.8, 4) is 5.75 Å². The Kier molecular flexibility index (Phi) is 6.27. The first-order valence-corrected chi connectivity index (χ1v) is 8.12. The Labute approximate surface area is 131 Å². The summed E-state index contributed by atoms with van der Waals surface area (Å²) in [6.45, 7) is 18.5. The van der Waals surface area contributed by atoms with Crippen LogP contribution in [0.3, 0.4) is 0 Å². The van der Waals surface area contributed by atoms with Crippen LogP contribution >= 0.6 is 0 Å². The average Bonchev–Trinajstić information content (AvgIpc) is 2.34. The number of hydrogen-bond donors (Lipinski definition) is 1. The van der Waals surface area contributed by atoms with Gasteiger partial charge in [-0.25, -0.2) is 0 Å². The van der Waals surface area contributed by atoms with Gasteiger partial charge in [0.2, 0.25) is 0 Å². The van der Waals surface area contributed by atoms with Crippen LogP contribution in [0.4, 0.5) is 0 Å². The normalized spacial score (nSPS) is 13.8. The fourth-order valence-electron chi connectivity index (χ4n) is 2.18. The molecule has 0 bridgehead atoms. The molecule has 1 N–H and O–H groups in total. The molecule has 1 atom stereocenters. The Bertz CT molecular complexity index is 443. The van der Waals surface area contributed by atoms with Gasteiger partial charge in [0.15, 0.2) is 0 Å². The molecule has 1 aromatic rings. The maximum atomic E-state index is 6.26. The third kappa shape index (κ3) is 5.70. The van der Waals surface area contributed by atoms with Crippen LogP contribution in [0.5, 0.6) is 5.75 Å². The summed E-state index contributed by atoms with van der Waals surface area (Å²) in [6, 6.07) is 7.05. The van der Waals surface area contributed by atoms with E-state index in [1.165, 1.54) is 11.1 Å². The molecule has 0 spiro atoms. The summed E-state index contributed by atoms with van der Waals surface area (Å²) >= 11 is 0. The second-order valence-electron chi connectivity index (χ2n) is 7.69. The van der Waals surface area contributed by atoms with Crippen molar-refractivity contribution in [1.82, 2.24) is 5.32 Å². The van der Waals surface area contributed by atoms with E-state index in [0.717, 1.165) is 12.3 Å². The molecule has 0 radical (unpaired) electrons. The number of ether oxygens (including phenoxy) is 1. The van der Waals surface area contributed by atoms with Crippen LogP contribution in [0.15, 0.2) is 18.2 Å². The molecular formula is C19H33NO. The van der Waals surface area contributed by atoms with Gasteiger partial charge in [-0.1, -0.05) is 60.6 Å². The quantitative estimate of drug-likeness (QED) is 0.820. The van der Waals surface area contributed by atoms with Gasteiger partial charge in [-0.05, 0) is 35.4 Å². The molecular weight excluding hydrogens is 258 g/mol. The summed E-state index contributed by atoms with van der Waals surface area (Å²) in [6.07, 6.45) is 0.201. The number of benzene rings is 1. The summed E-state index contributed by atoms with van der Waals surface area (Å²) in [4.78, 5) is 0. The van der Waals surface area contributed by atoms with E-state index >= 15 is 0 Å². The third-order valence-electron chi connectivity index (χ3n) is 3.79. The number of aryl methyl sites for hydroxylation is 1. The average molecular weight is 291 g/mol. The van der Waals surface area contributed by atoms with E-state index in [1.807, 2.05) is 0 Å². The van der Waals surface area contributed by atoms with Crippen LogP contribution in [-0.2, 0) is 5.41 Å². The molecule has 0 fully saturated rings. The minimum absolute atomic E-state index is 0.180. The van der Waals surface area contributed by atoms with Crippen molar-refractivity contribution in [2.75, 3.05) is 6.54 Å². The zero-order chi connectivity index (χ0) is 16.2. The molecule has 1 unspecified atom stereocenters. The fourth-order valence-corrected chi connectivity index (χ4v) is 2.18. The molecule has 2 nitrogen and oxygen atoms in total. The Hall–Kier alpha value is -1.02. The van der Waals surface area contributed by atoms with Crippen LogP contribution < -0.4 is 10.1 Å². The summed E-state index contributed by atoms with van der Waals surface area (Å²) in [5, 5.41) is 3.48. The minimum atomic E-state index is 0.180. The standard InChI is InChI=1S/C19H33NO/c1-13(2)18(12-20-14(3)4)21-17-10-9-16(11-15(17)5)19(6,7)8/h9-11,13-14,18,20H,12H2,1-8H3. The van der Waals surface area contributed by atoms with Gasteiger partial charge in [0.25, 0.3) is 0 Å². The zero-order valence-corrected chi connectivity index (χ0v) is 15.1. The molecule has 21 heavy (non-hydrogen) atoms. The minimum Gasteiger partial charge on any atom is -0.489 e. The predicted molar refractivity (Wildman–Crippen MR) is 92.3 cm³/mol. The molecule has 1 rings (SSSR count). The highest BCUT2D eigenvalue weighted by atomic mass is 16.5. The predicted octanol–water partition coefficient (Wildman–Crippen LogP) is 4.69. The lowest BCUT2D eigenvalue weighted by atomic mass is 9.86. The van der Waals surface area contributed by atoms with Crippen molar-refractivity contribution in [2.45, 2.75) is 73.0 Å².